The lowest BCUT2D eigenvalue weighted by molar-refractivity contribution is -0.137. The van der Waals surface area contributed by atoms with Crippen molar-refractivity contribution in [3.63, 3.8) is 0 Å². The van der Waals surface area contributed by atoms with Crippen LogP contribution in [0.4, 0.5) is 5.69 Å². The van der Waals surface area contributed by atoms with Gasteiger partial charge in [-0.3, -0.25) is 4.79 Å². The van der Waals surface area contributed by atoms with Crippen molar-refractivity contribution in [2.45, 2.75) is 25.4 Å². The molecule has 162 valence electrons. The number of rotatable bonds is 4. The number of imidazole rings is 1. The van der Waals surface area contributed by atoms with Gasteiger partial charge in [0.25, 0.3) is 0 Å². The Morgan fingerprint density at radius 2 is 1.84 bits per heavy atom. The van der Waals surface area contributed by atoms with Crippen molar-refractivity contribution >= 4 is 22.6 Å². The summed E-state index contributed by atoms with van der Waals surface area (Å²) >= 11 is 0. The van der Waals surface area contributed by atoms with Gasteiger partial charge in [0.2, 0.25) is 5.91 Å². The fraction of sp³-hybridized carbons (Fsp3) is 0.440. The van der Waals surface area contributed by atoms with Crippen LogP contribution in [0.5, 0.6) is 0 Å². The first-order valence-corrected chi connectivity index (χ1v) is 11.2. The molecule has 2 fully saturated rings. The number of anilines is 1. The van der Waals surface area contributed by atoms with Crippen molar-refractivity contribution in [3.8, 4) is 11.4 Å². The number of carbonyl (C=O) groups is 1. The molecule has 0 N–H and O–H groups in total. The Bertz CT molecular complexity index is 1080. The summed E-state index contributed by atoms with van der Waals surface area (Å²) in [5, 5.41) is 0. The molecule has 0 bridgehead atoms. The number of piperidine rings is 1. The van der Waals surface area contributed by atoms with Gasteiger partial charge in [0.15, 0.2) is 0 Å². The number of benzene rings is 2. The molecule has 2 aromatic carbocycles. The van der Waals surface area contributed by atoms with E-state index in [0.29, 0.717) is 12.0 Å². The highest BCUT2D eigenvalue weighted by Crippen LogP contribution is 2.30. The molecule has 31 heavy (non-hydrogen) atoms. The molecule has 2 aliphatic rings. The molecule has 6 heteroatoms. The van der Waals surface area contributed by atoms with Crippen molar-refractivity contribution in [2.24, 2.45) is 13.0 Å². The van der Waals surface area contributed by atoms with E-state index in [1.54, 1.807) is 7.11 Å². The lowest BCUT2D eigenvalue weighted by atomic mass is 10.0. The van der Waals surface area contributed by atoms with Crippen LogP contribution < -0.4 is 4.90 Å². The Kier molecular flexibility index (Phi) is 5.40. The van der Waals surface area contributed by atoms with E-state index in [-0.39, 0.29) is 5.92 Å². The van der Waals surface area contributed by atoms with Crippen LogP contribution in [0.1, 0.15) is 19.3 Å². The Hall–Kier alpha value is -2.86. The van der Waals surface area contributed by atoms with E-state index in [1.165, 1.54) is 0 Å². The van der Waals surface area contributed by atoms with Gasteiger partial charge in [-0.2, -0.15) is 0 Å². The minimum absolute atomic E-state index is 0.0819. The topological polar surface area (TPSA) is 50.6 Å². The summed E-state index contributed by atoms with van der Waals surface area (Å²) < 4.78 is 7.59. The molecule has 3 aromatic rings. The Morgan fingerprint density at radius 1 is 1.03 bits per heavy atom. The second-order valence-corrected chi connectivity index (χ2v) is 8.73. The summed E-state index contributed by atoms with van der Waals surface area (Å²) in [6.45, 7) is 3.33. The van der Waals surface area contributed by atoms with E-state index in [4.69, 9.17) is 9.72 Å². The molecular weight excluding hydrogens is 388 g/mol. The van der Waals surface area contributed by atoms with Crippen molar-refractivity contribution in [3.05, 3.63) is 48.5 Å². The van der Waals surface area contributed by atoms with Gasteiger partial charge in [0.1, 0.15) is 5.82 Å². The van der Waals surface area contributed by atoms with Crippen LogP contribution in [0.3, 0.4) is 0 Å². The number of aryl methyl sites for hydroxylation is 1. The molecule has 0 saturated carbocycles. The summed E-state index contributed by atoms with van der Waals surface area (Å²) in [7, 11) is 3.83. The van der Waals surface area contributed by atoms with Crippen LogP contribution in [0, 0.1) is 5.92 Å². The first-order valence-electron chi connectivity index (χ1n) is 11.2. The van der Waals surface area contributed by atoms with Crippen molar-refractivity contribution < 1.29 is 9.53 Å². The van der Waals surface area contributed by atoms with Crippen LogP contribution in [0.25, 0.3) is 22.4 Å². The van der Waals surface area contributed by atoms with Crippen molar-refractivity contribution in [2.75, 3.05) is 38.2 Å². The summed E-state index contributed by atoms with van der Waals surface area (Å²) in [4.78, 5) is 22.3. The largest absolute Gasteiger partial charge is 0.381 e. The molecule has 1 atom stereocenters. The van der Waals surface area contributed by atoms with Gasteiger partial charge in [-0.05, 0) is 43.5 Å². The van der Waals surface area contributed by atoms with E-state index < -0.39 is 0 Å². The molecule has 6 nitrogen and oxygen atoms in total. The molecule has 0 aliphatic carbocycles. The fourth-order valence-electron chi connectivity index (χ4n) is 5.01. The average molecular weight is 419 g/mol. The van der Waals surface area contributed by atoms with E-state index in [9.17, 15) is 4.79 Å². The molecule has 1 amide bonds. The zero-order chi connectivity index (χ0) is 21.4. The quantitative estimate of drug-likeness (QED) is 0.648. The van der Waals surface area contributed by atoms with E-state index in [0.717, 1.165) is 73.6 Å². The van der Waals surface area contributed by atoms with Crippen LogP contribution in [-0.4, -0.2) is 59.8 Å². The van der Waals surface area contributed by atoms with E-state index >= 15 is 0 Å². The number of hydrogen-bond donors (Lipinski definition) is 0. The zero-order valence-electron chi connectivity index (χ0n) is 18.3. The minimum atomic E-state index is 0.0819. The molecule has 2 aliphatic heterocycles. The van der Waals surface area contributed by atoms with Gasteiger partial charge in [-0.1, -0.05) is 24.3 Å². The standard InChI is InChI=1S/C25H30N4O2/c1-27-23-9-4-3-8-22(23)26-24(27)18-6-5-7-20(16-18)29-13-10-19(17-29)25(30)28-14-11-21(31-2)12-15-28/h3-9,16,19,21H,10-15,17H2,1-2H3. The van der Waals surface area contributed by atoms with Gasteiger partial charge in [-0.15, -0.1) is 0 Å². The first-order chi connectivity index (χ1) is 15.1. The monoisotopic (exact) mass is 418 g/mol. The number of ether oxygens (including phenoxy) is 1. The van der Waals surface area contributed by atoms with E-state index in [1.807, 2.05) is 17.0 Å². The molecule has 0 spiro atoms. The summed E-state index contributed by atoms with van der Waals surface area (Å²) in [5.41, 5.74) is 4.41. The predicted octanol–water partition coefficient (Wildman–Crippen LogP) is 3.70. The number of aromatic nitrogens is 2. The highest BCUT2D eigenvalue weighted by molar-refractivity contribution is 5.82. The molecule has 5 rings (SSSR count). The number of fused-ring (bicyclic) bond motifs is 1. The van der Waals surface area contributed by atoms with E-state index in [2.05, 4.69) is 52.9 Å². The molecule has 1 unspecified atom stereocenters. The Morgan fingerprint density at radius 3 is 2.61 bits per heavy atom. The first kappa shape index (κ1) is 20.1. The van der Waals surface area contributed by atoms with Gasteiger partial charge >= 0.3 is 0 Å². The predicted molar refractivity (Wildman–Crippen MR) is 123 cm³/mol. The van der Waals surface area contributed by atoms with Gasteiger partial charge in [-0.25, -0.2) is 4.98 Å². The third-order valence-electron chi connectivity index (χ3n) is 6.88. The number of nitrogens with zero attached hydrogens (tertiary/aromatic N) is 4. The third-order valence-corrected chi connectivity index (χ3v) is 6.88. The maximum Gasteiger partial charge on any atom is 0.227 e. The van der Waals surface area contributed by atoms with Gasteiger partial charge < -0.3 is 19.1 Å². The number of carbonyl (C=O) groups excluding carboxylic acids is 1. The smallest absolute Gasteiger partial charge is 0.227 e. The lowest BCUT2D eigenvalue weighted by Crippen LogP contribution is -2.44. The highest BCUT2D eigenvalue weighted by Gasteiger charge is 2.33. The van der Waals surface area contributed by atoms with Crippen molar-refractivity contribution in [1.82, 2.24) is 14.5 Å². The summed E-state index contributed by atoms with van der Waals surface area (Å²) in [6.07, 6.45) is 3.10. The molecule has 0 radical (unpaired) electrons. The molecular formula is C25H30N4O2. The second kappa shape index (κ2) is 8.35. The maximum atomic E-state index is 13.0. The number of hydrogen-bond acceptors (Lipinski definition) is 4. The average Bonchev–Trinajstić information content (AvgIpc) is 3.44. The Labute approximate surface area is 183 Å². The lowest BCUT2D eigenvalue weighted by Gasteiger charge is -2.33. The van der Waals surface area contributed by atoms with Crippen LogP contribution in [0.2, 0.25) is 0 Å². The second-order valence-electron chi connectivity index (χ2n) is 8.73. The van der Waals surface area contributed by atoms with Gasteiger partial charge in [0, 0.05) is 51.6 Å². The number of amides is 1. The third kappa shape index (κ3) is 3.81. The highest BCUT2D eigenvalue weighted by atomic mass is 16.5. The van der Waals surface area contributed by atoms with Crippen molar-refractivity contribution in [1.29, 1.82) is 0 Å². The molecule has 1 aromatic heterocycles. The maximum absolute atomic E-state index is 13.0. The normalized spacial score (nSPS) is 20.0. The number of para-hydroxylation sites is 2. The number of likely N-dealkylation sites (tertiary alicyclic amines) is 1. The SMILES string of the molecule is COC1CCN(C(=O)C2CCN(c3cccc(-c4nc5ccccc5n4C)c3)C2)CC1. The van der Waals surface area contributed by atoms with Crippen LogP contribution in [0.15, 0.2) is 48.5 Å². The Balaban J connectivity index is 1.30. The summed E-state index contributed by atoms with van der Waals surface area (Å²) in [6, 6.07) is 16.8. The minimum Gasteiger partial charge on any atom is -0.381 e. The molecule has 2 saturated heterocycles. The van der Waals surface area contributed by atoms with Gasteiger partial charge in [0.05, 0.1) is 23.1 Å². The van der Waals surface area contributed by atoms with Crippen LogP contribution in [-0.2, 0) is 16.6 Å². The summed E-state index contributed by atoms with van der Waals surface area (Å²) in [5.74, 6) is 1.36. The zero-order valence-corrected chi connectivity index (χ0v) is 18.3. The number of methoxy groups -OCH3 is 1. The van der Waals surface area contributed by atoms with Crippen LogP contribution >= 0.6 is 0 Å². The molecule has 3 heterocycles. The fourth-order valence-corrected chi connectivity index (χ4v) is 5.01.